The number of halogens is 1. The molecule has 1 aromatic rings. The molecule has 0 aromatic heterocycles. The number of hydrogen-bond donors (Lipinski definition) is 3. The molecule has 17 heavy (non-hydrogen) atoms. The number of nitrogens with one attached hydrogen (secondary N) is 1. The number of oxime groups is 1. The van der Waals surface area contributed by atoms with Crippen LogP contribution in [0.4, 0.5) is 0 Å². The van der Waals surface area contributed by atoms with Crippen LogP contribution in [0.1, 0.15) is 24.2 Å². The third-order valence-corrected chi connectivity index (χ3v) is 3.23. The fourth-order valence-electron chi connectivity index (χ4n) is 1.19. The monoisotopic (exact) mass is 347 g/mol. The van der Waals surface area contributed by atoms with Crippen LogP contribution in [0.25, 0.3) is 0 Å². The lowest BCUT2D eigenvalue weighted by atomic mass is 10.0. The number of amides is 1. The molecule has 0 bridgehead atoms. The van der Waals surface area contributed by atoms with Gasteiger partial charge in [-0.3, -0.25) is 4.79 Å². The van der Waals surface area contributed by atoms with E-state index in [2.05, 4.69) is 33.1 Å². The van der Waals surface area contributed by atoms with Gasteiger partial charge in [-0.1, -0.05) is 17.3 Å². The van der Waals surface area contributed by atoms with Crippen LogP contribution in [-0.2, 0) is 0 Å². The molecule has 5 nitrogen and oxygen atoms in total. The van der Waals surface area contributed by atoms with E-state index in [1.165, 1.54) is 0 Å². The largest absolute Gasteiger partial charge is 0.409 e. The number of benzene rings is 1. The van der Waals surface area contributed by atoms with Crippen molar-refractivity contribution in [3.05, 3.63) is 33.4 Å². The Hall–Kier alpha value is -1.31. The normalized spacial score (nSPS) is 12.3. The Morgan fingerprint density at radius 2 is 2.06 bits per heavy atom. The molecule has 1 rings (SSSR count). The number of nitrogens with two attached hydrogens (primary N) is 1. The predicted molar refractivity (Wildman–Crippen MR) is 74.1 cm³/mol. The number of carbonyl (C=O) groups is 1. The van der Waals surface area contributed by atoms with E-state index in [4.69, 9.17) is 10.9 Å². The number of nitrogens with zero attached hydrogens (tertiary/aromatic N) is 1. The van der Waals surface area contributed by atoms with Gasteiger partial charge in [0.05, 0.1) is 11.1 Å². The lowest BCUT2D eigenvalue weighted by Gasteiger charge is -2.24. The van der Waals surface area contributed by atoms with Crippen LogP contribution >= 0.6 is 22.6 Å². The molecule has 0 unspecified atom stereocenters. The fourth-order valence-corrected chi connectivity index (χ4v) is 1.82. The van der Waals surface area contributed by atoms with Crippen LogP contribution in [0.3, 0.4) is 0 Å². The van der Waals surface area contributed by atoms with E-state index in [-0.39, 0.29) is 11.7 Å². The summed E-state index contributed by atoms with van der Waals surface area (Å²) in [7, 11) is 0. The highest BCUT2D eigenvalue weighted by atomic mass is 127. The first-order chi connectivity index (χ1) is 7.88. The topological polar surface area (TPSA) is 87.7 Å². The minimum absolute atomic E-state index is 0.0446. The van der Waals surface area contributed by atoms with Gasteiger partial charge in [0.1, 0.15) is 0 Å². The summed E-state index contributed by atoms with van der Waals surface area (Å²) in [6.07, 6.45) is 0. The summed E-state index contributed by atoms with van der Waals surface area (Å²) in [5.41, 5.74) is 5.16. The van der Waals surface area contributed by atoms with Crippen molar-refractivity contribution >= 4 is 34.3 Å². The van der Waals surface area contributed by atoms with Crippen molar-refractivity contribution in [1.29, 1.82) is 0 Å². The highest BCUT2D eigenvalue weighted by molar-refractivity contribution is 14.1. The van der Waals surface area contributed by atoms with Crippen LogP contribution in [0, 0.1) is 3.57 Å². The Labute approximate surface area is 113 Å². The molecule has 0 aliphatic carbocycles. The van der Waals surface area contributed by atoms with Crippen LogP contribution in [0.5, 0.6) is 0 Å². The van der Waals surface area contributed by atoms with Crippen LogP contribution < -0.4 is 11.1 Å². The van der Waals surface area contributed by atoms with E-state index in [1.807, 2.05) is 12.1 Å². The van der Waals surface area contributed by atoms with Crippen molar-refractivity contribution in [2.75, 3.05) is 0 Å². The van der Waals surface area contributed by atoms with Crippen molar-refractivity contribution in [3.63, 3.8) is 0 Å². The maximum absolute atomic E-state index is 12.0. The summed E-state index contributed by atoms with van der Waals surface area (Å²) in [5.74, 6) is -0.302. The Morgan fingerprint density at radius 3 is 2.59 bits per heavy atom. The van der Waals surface area contributed by atoms with Crippen molar-refractivity contribution in [3.8, 4) is 0 Å². The maximum atomic E-state index is 12.0. The van der Waals surface area contributed by atoms with Gasteiger partial charge < -0.3 is 16.3 Å². The molecule has 0 heterocycles. The Bertz CT molecular complexity index is 458. The van der Waals surface area contributed by atoms with Crippen molar-refractivity contribution in [2.24, 2.45) is 10.9 Å². The highest BCUT2D eigenvalue weighted by Crippen LogP contribution is 2.13. The van der Waals surface area contributed by atoms with Crippen LogP contribution in [0.2, 0.25) is 0 Å². The van der Waals surface area contributed by atoms with Gasteiger partial charge >= 0.3 is 0 Å². The number of rotatable bonds is 3. The highest BCUT2D eigenvalue weighted by Gasteiger charge is 2.26. The second-order valence-corrected chi connectivity index (χ2v) is 5.21. The first kappa shape index (κ1) is 13.8. The second kappa shape index (κ2) is 5.35. The second-order valence-electron chi connectivity index (χ2n) is 4.04. The molecule has 1 amide bonds. The Morgan fingerprint density at radius 1 is 1.47 bits per heavy atom. The van der Waals surface area contributed by atoms with E-state index in [0.717, 1.165) is 3.57 Å². The molecule has 0 fully saturated rings. The third kappa shape index (κ3) is 3.32. The summed E-state index contributed by atoms with van der Waals surface area (Å²) < 4.78 is 0.845. The zero-order valence-corrected chi connectivity index (χ0v) is 11.7. The van der Waals surface area contributed by atoms with E-state index in [0.29, 0.717) is 5.56 Å². The molecule has 0 saturated heterocycles. The molecule has 0 aliphatic heterocycles. The summed E-state index contributed by atoms with van der Waals surface area (Å²) >= 11 is 2.08. The zero-order chi connectivity index (χ0) is 13.1. The minimum atomic E-state index is -0.898. The first-order valence-electron chi connectivity index (χ1n) is 4.93. The smallest absolute Gasteiger partial charge is 0.253 e. The van der Waals surface area contributed by atoms with Gasteiger partial charge in [0.2, 0.25) is 0 Å². The molecule has 0 spiro atoms. The fraction of sp³-hybridized carbons (Fsp3) is 0.273. The SMILES string of the molecule is CC(C)(NC(=O)c1ccccc1I)/C(N)=N/O. The van der Waals surface area contributed by atoms with E-state index >= 15 is 0 Å². The molecular weight excluding hydrogens is 333 g/mol. The lowest BCUT2D eigenvalue weighted by Crippen LogP contribution is -2.53. The molecule has 0 saturated carbocycles. The Balaban J connectivity index is 2.91. The third-order valence-electron chi connectivity index (χ3n) is 2.29. The average Bonchev–Trinajstić information content (AvgIpc) is 2.27. The van der Waals surface area contributed by atoms with Gasteiger partial charge in [-0.05, 0) is 48.6 Å². The minimum Gasteiger partial charge on any atom is -0.409 e. The maximum Gasteiger partial charge on any atom is 0.253 e. The first-order valence-corrected chi connectivity index (χ1v) is 6.01. The molecular formula is C11H14IN3O2. The summed E-state index contributed by atoms with van der Waals surface area (Å²) in [4.78, 5) is 12.0. The van der Waals surface area contributed by atoms with Crippen molar-refractivity contribution < 1.29 is 10.0 Å². The number of hydrogen-bond acceptors (Lipinski definition) is 3. The van der Waals surface area contributed by atoms with Gasteiger partial charge in [-0.15, -0.1) is 0 Å². The summed E-state index contributed by atoms with van der Waals surface area (Å²) in [6.45, 7) is 3.32. The molecule has 1 aromatic carbocycles. The van der Waals surface area contributed by atoms with E-state index < -0.39 is 5.54 Å². The van der Waals surface area contributed by atoms with Crippen LogP contribution in [0.15, 0.2) is 29.4 Å². The number of carbonyl (C=O) groups excluding carboxylic acids is 1. The lowest BCUT2D eigenvalue weighted by molar-refractivity contribution is 0.0930. The van der Waals surface area contributed by atoms with Gasteiger partial charge in [0.15, 0.2) is 5.84 Å². The van der Waals surface area contributed by atoms with Crippen molar-refractivity contribution in [1.82, 2.24) is 5.32 Å². The Kier molecular flexibility index (Phi) is 4.33. The predicted octanol–water partition coefficient (Wildman–Crippen LogP) is 1.55. The zero-order valence-electron chi connectivity index (χ0n) is 9.57. The van der Waals surface area contributed by atoms with Gasteiger partial charge in [-0.2, -0.15) is 0 Å². The average molecular weight is 347 g/mol. The van der Waals surface area contributed by atoms with Gasteiger partial charge in [0.25, 0.3) is 5.91 Å². The van der Waals surface area contributed by atoms with Gasteiger partial charge in [-0.25, -0.2) is 0 Å². The van der Waals surface area contributed by atoms with Crippen molar-refractivity contribution in [2.45, 2.75) is 19.4 Å². The number of amidine groups is 1. The van der Waals surface area contributed by atoms with E-state index in [9.17, 15) is 4.79 Å². The van der Waals surface area contributed by atoms with E-state index in [1.54, 1.807) is 26.0 Å². The summed E-state index contributed by atoms with van der Waals surface area (Å²) in [5, 5.41) is 14.2. The molecule has 6 heteroatoms. The summed E-state index contributed by atoms with van der Waals surface area (Å²) in [6, 6.07) is 7.20. The molecule has 4 N–H and O–H groups in total. The molecule has 0 atom stereocenters. The quantitative estimate of drug-likeness (QED) is 0.255. The standard InChI is InChI=1S/C11H14IN3O2/c1-11(2,10(13)15-17)14-9(16)7-5-3-4-6-8(7)12/h3-6,17H,1-2H3,(H2,13,15)(H,14,16). The molecule has 0 radical (unpaired) electrons. The van der Waals surface area contributed by atoms with Crippen LogP contribution in [-0.4, -0.2) is 22.5 Å². The van der Waals surface area contributed by atoms with Gasteiger partial charge in [0, 0.05) is 3.57 Å². The molecule has 92 valence electrons. The molecule has 0 aliphatic rings.